The van der Waals surface area contributed by atoms with E-state index in [4.69, 9.17) is 27.9 Å². The van der Waals surface area contributed by atoms with Crippen LogP contribution in [0.15, 0.2) is 12.1 Å². The van der Waals surface area contributed by atoms with Crippen molar-refractivity contribution in [2.24, 2.45) is 0 Å². The summed E-state index contributed by atoms with van der Waals surface area (Å²) in [6.45, 7) is 2.62. The third-order valence-corrected chi connectivity index (χ3v) is 4.80. The second-order valence-corrected chi connectivity index (χ2v) is 6.56. The van der Waals surface area contributed by atoms with Gasteiger partial charge in [-0.3, -0.25) is 4.90 Å². The van der Waals surface area contributed by atoms with Crippen molar-refractivity contribution < 1.29 is 4.74 Å². The van der Waals surface area contributed by atoms with Crippen LogP contribution in [0.2, 0.25) is 5.02 Å². The maximum Gasteiger partial charge on any atom is 0.127 e. The molecular formula is C16H21Cl2NO. The van der Waals surface area contributed by atoms with E-state index in [9.17, 15) is 0 Å². The maximum absolute atomic E-state index is 6.25. The van der Waals surface area contributed by atoms with Gasteiger partial charge in [0.2, 0.25) is 0 Å². The quantitative estimate of drug-likeness (QED) is 0.753. The van der Waals surface area contributed by atoms with Gasteiger partial charge in [-0.2, -0.15) is 0 Å². The number of fused-ring (bicyclic) bond motifs is 1. The van der Waals surface area contributed by atoms with Gasteiger partial charge >= 0.3 is 0 Å². The highest BCUT2D eigenvalue weighted by Crippen LogP contribution is 2.35. The molecule has 0 saturated heterocycles. The van der Waals surface area contributed by atoms with Gasteiger partial charge in [-0.1, -0.05) is 24.4 Å². The first kappa shape index (κ1) is 14.5. The van der Waals surface area contributed by atoms with Crippen molar-refractivity contribution in [3.63, 3.8) is 0 Å². The summed E-state index contributed by atoms with van der Waals surface area (Å²) in [7, 11) is 0. The Kier molecular flexibility index (Phi) is 4.75. The molecule has 4 heteroatoms. The van der Waals surface area contributed by atoms with Gasteiger partial charge in [0, 0.05) is 42.0 Å². The van der Waals surface area contributed by atoms with Crippen LogP contribution in [0.25, 0.3) is 0 Å². The molecule has 0 N–H and O–H groups in total. The minimum atomic E-state index is 0.671. The van der Waals surface area contributed by atoms with E-state index in [1.165, 1.54) is 36.8 Å². The second kappa shape index (κ2) is 6.55. The van der Waals surface area contributed by atoms with Crippen LogP contribution in [0.3, 0.4) is 0 Å². The molecule has 2 aliphatic rings. The maximum atomic E-state index is 6.25. The zero-order valence-electron chi connectivity index (χ0n) is 11.7. The fourth-order valence-corrected chi connectivity index (χ4v) is 3.93. The monoisotopic (exact) mass is 313 g/mol. The average Bonchev–Trinajstić information content (AvgIpc) is 3.08. The van der Waals surface area contributed by atoms with Crippen LogP contribution in [0.1, 0.15) is 36.8 Å². The van der Waals surface area contributed by atoms with Crippen molar-refractivity contribution in [3.05, 3.63) is 28.3 Å². The summed E-state index contributed by atoms with van der Waals surface area (Å²) in [5.41, 5.74) is 2.48. The number of nitrogens with zero attached hydrogens (tertiary/aromatic N) is 1. The van der Waals surface area contributed by atoms with Crippen molar-refractivity contribution >= 4 is 23.2 Å². The highest BCUT2D eigenvalue weighted by atomic mass is 35.5. The molecule has 20 heavy (non-hydrogen) atoms. The molecule has 1 aliphatic carbocycles. The van der Waals surface area contributed by atoms with Crippen LogP contribution < -0.4 is 4.74 Å². The van der Waals surface area contributed by atoms with Gasteiger partial charge in [-0.25, -0.2) is 0 Å². The molecule has 2 nitrogen and oxygen atoms in total. The molecule has 0 aromatic heterocycles. The Hall–Kier alpha value is -0.440. The standard InChI is InChI=1S/C16H21Cl2NO/c17-6-7-19(15-3-1-2-4-15)11-13-10-14(18)9-12-5-8-20-16(12)13/h9-10,15H,1-8,11H2. The molecule has 0 radical (unpaired) electrons. The third kappa shape index (κ3) is 3.08. The highest BCUT2D eigenvalue weighted by Gasteiger charge is 2.25. The largest absolute Gasteiger partial charge is 0.493 e. The Labute approximate surface area is 131 Å². The predicted octanol–water partition coefficient (Wildman–Crippen LogP) is 4.26. The van der Waals surface area contributed by atoms with Crippen molar-refractivity contribution in [1.29, 1.82) is 0 Å². The molecule has 1 aliphatic heterocycles. The minimum absolute atomic E-state index is 0.671. The van der Waals surface area contributed by atoms with E-state index in [-0.39, 0.29) is 0 Å². The summed E-state index contributed by atoms with van der Waals surface area (Å²) >= 11 is 12.2. The third-order valence-electron chi connectivity index (χ3n) is 4.41. The molecule has 0 spiro atoms. The van der Waals surface area contributed by atoms with Gasteiger partial charge < -0.3 is 4.74 Å². The SMILES string of the molecule is ClCCN(Cc1cc(Cl)cc2c1OCC2)C1CCCC1. The number of rotatable bonds is 5. The van der Waals surface area contributed by atoms with Crippen molar-refractivity contribution in [3.8, 4) is 5.75 Å². The van der Waals surface area contributed by atoms with E-state index in [1.54, 1.807) is 0 Å². The number of alkyl halides is 1. The lowest BCUT2D eigenvalue weighted by atomic mass is 10.1. The van der Waals surface area contributed by atoms with E-state index < -0.39 is 0 Å². The summed E-state index contributed by atoms with van der Waals surface area (Å²) in [5.74, 6) is 1.74. The molecule has 0 bridgehead atoms. The minimum Gasteiger partial charge on any atom is -0.493 e. The first-order valence-corrected chi connectivity index (χ1v) is 8.43. The van der Waals surface area contributed by atoms with Crippen LogP contribution in [0, 0.1) is 0 Å². The number of benzene rings is 1. The molecule has 110 valence electrons. The van der Waals surface area contributed by atoms with Gasteiger partial charge in [0.25, 0.3) is 0 Å². The Balaban J connectivity index is 1.81. The van der Waals surface area contributed by atoms with Crippen LogP contribution >= 0.6 is 23.2 Å². The Morgan fingerprint density at radius 2 is 2.05 bits per heavy atom. The lowest BCUT2D eigenvalue weighted by molar-refractivity contribution is 0.199. The molecule has 0 unspecified atom stereocenters. The molecule has 1 fully saturated rings. The Morgan fingerprint density at radius 1 is 1.25 bits per heavy atom. The summed E-state index contributed by atoms with van der Waals surface area (Å²) < 4.78 is 5.81. The lowest BCUT2D eigenvalue weighted by Crippen LogP contribution is -2.34. The summed E-state index contributed by atoms with van der Waals surface area (Å²) in [4.78, 5) is 2.51. The van der Waals surface area contributed by atoms with E-state index >= 15 is 0 Å². The molecule has 1 aromatic rings. The van der Waals surface area contributed by atoms with Gasteiger partial charge in [0.15, 0.2) is 0 Å². The van der Waals surface area contributed by atoms with Gasteiger partial charge in [-0.05, 0) is 30.5 Å². The summed E-state index contributed by atoms with van der Waals surface area (Å²) in [5, 5.41) is 0.821. The normalized spacial score (nSPS) is 18.6. The predicted molar refractivity (Wildman–Crippen MR) is 84.0 cm³/mol. The molecule has 1 saturated carbocycles. The highest BCUT2D eigenvalue weighted by molar-refractivity contribution is 6.30. The average molecular weight is 314 g/mol. The zero-order chi connectivity index (χ0) is 13.9. The number of hydrogen-bond acceptors (Lipinski definition) is 2. The van der Waals surface area contributed by atoms with Crippen LogP contribution in [0.4, 0.5) is 0 Å². The van der Waals surface area contributed by atoms with Crippen LogP contribution in [0.5, 0.6) is 5.75 Å². The fraction of sp³-hybridized carbons (Fsp3) is 0.625. The second-order valence-electron chi connectivity index (χ2n) is 5.75. The lowest BCUT2D eigenvalue weighted by Gasteiger charge is -2.28. The smallest absolute Gasteiger partial charge is 0.127 e. The van der Waals surface area contributed by atoms with E-state index in [0.29, 0.717) is 11.9 Å². The number of ether oxygens (including phenoxy) is 1. The number of hydrogen-bond donors (Lipinski definition) is 0. The van der Waals surface area contributed by atoms with E-state index in [0.717, 1.165) is 36.9 Å². The topological polar surface area (TPSA) is 12.5 Å². The van der Waals surface area contributed by atoms with Crippen LogP contribution in [-0.4, -0.2) is 30.0 Å². The van der Waals surface area contributed by atoms with Crippen molar-refractivity contribution in [1.82, 2.24) is 4.90 Å². The Morgan fingerprint density at radius 3 is 2.80 bits per heavy atom. The number of halogens is 2. The molecule has 3 rings (SSSR count). The van der Waals surface area contributed by atoms with E-state index in [2.05, 4.69) is 11.0 Å². The summed E-state index contributed by atoms with van der Waals surface area (Å²) in [6, 6.07) is 4.77. The zero-order valence-corrected chi connectivity index (χ0v) is 13.2. The fourth-order valence-electron chi connectivity index (χ4n) is 3.45. The van der Waals surface area contributed by atoms with Crippen LogP contribution in [-0.2, 0) is 13.0 Å². The molecule has 0 atom stereocenters. The van der Waals surface area contributed by atoms with Crippen molar-refractivity contribution in [2.75, 3.05) is 19.0 Å². The molecule has 1 aromatic carbocycles. The van der Waals surface area contributed by atoms with Gasteiger partial charge in [0.05, 0.1) is 6.61 Å². The first-order chi connectivity index (χ1) is 9.78. The molecular weight excluding hydrogens is 293 g/mol. The van der Waals surface area contributed by atoms with Gasteiger partial charge in [-0.15, -0.1) is 11.6 Å². The van der Waals surface area contributed by atoms with Gasteiger partial charge in [0.1, 0.15) is 5.75 Å². The van der Waals surface area contributed by atoms with E-state index in [1.807, 2.05) is 6.07 Å². The Bertz CT molecular complexity index is 472. The molecule has 0 amide bonds. The van der Waals surface area contributed by atoms with Crippen molar-refractivity contribution in [2.45, 2.75) is 44.7 Å². The summed E-state index contributed by atoms with van der Waals surface area (Å²) in [6.07, 6.45) is 6.24. The molecule has 1 heterocycles. The first-order valence-electron chi connectivity index (χ1n) is 7.52.